The van der Waals surface area contributed by atoms with Crippen LogP contribution in [-0.4, -0.2) is 28.7 Å². The minimum atomic E-state index is -0.941. The van der Waals surface area contributed by atoms with E-state index in [0.29, 0.717) is 16.9 Å². The van der Waals surface area contributed by atoms with Crippen molar-refractivity contribution in [3.05, 3.63) is 60.3 Å². The van der Waals surface area contributed by atoms with Gasteiger partial charge in [-0.1, -0.05) is 18.2 Å². The van der Waals surface area contributed by atoms with Crippen LogP contribution in [0.2, 0.25) is 0 Å². The molecular formula is C19H16N4O3. The highest BCUT2D eigenvalue weighted by Gasteiger charge is 2.29. The van der Waals surface area contributed by atoms with Gasteiger partial charge in [0.25, 0.3) is 5.91 Å². The summed E-state index contributed by atoms with van der Waals surface area (Å²) >= 11 is 0. The van der Waals surface area contributed by atoms with Gasteiger partial charge in [0.15, 0.2) is 0 Å². The van der Waals surface area contributed by atoms with E-state index in [-0.39, 0.29) is 18.2 Å². The van der Waals surface area contributed by atoms with Crippen molar-refractivity contribution >= 4 is 40.0 Å². The number of carbonyl (C=O) groups is 3. The van der Waals surface area contributed by atoms with Crippen LogP contribution in [0.3, 0.4) is 0 Å². The van der Waals surface area contributed by atoms with Crippen molar-refractivity contribution in [2.24, 2.45) is 0 Å². The van der Waals surface area contributed by atoms with E-state index in [1.165, 1.54) is 0 Å². The van der Waals surface area contributed by atoms with Crippen molar-refractivity contribution in [2.45, 2.75) is 12.5 Å². The molecule has 2 heterocycles. The average Bonchev–Trinajstić information content (AvgIpc) is 3.04. The number of para-hydroxylation sites is 1. The van der Waals surface area contributed by atoms with Gasteiger partial charge in [-0.3, -0.25) is 14.4 Å². The van der Waals surface area contributed by atoms with Crippen LogP contribution >= 0.6 is 0 Å². The molecule has 1 aromatic heterocycles. The van der Waals surface area contributed by atoms with Gasteiger partial charge in [-0.25, -0.2) is 0 Å². The summed E-state index contributed by atoms with van der Waals surface area (Å²) in [4.78, 5) is 40.0. The van der Waals surface area contributed by atoms with Gasteiger partial charge in [-0.15, -0.1) is 0 Å². The number of aromatic amines is 1. The minimum Gasteiger partial charge on any atom is -0.361 e. The second-order valence-corrected chi connectivity index (χ2v) is 6.09. The average molecular weight is 348 g/mol. The molecular weight excluding hydrogens is 332 g/mol. The Morgan fingerprint density at radius 3 is 2.81 bits per heavy atom. The maximum absolute atomic E-state index is 12.3. The summed E-state index contributed by atoms with van der Waals surface area (Å²) < 4.78 is 0. The number of benzene rings is 2. The number of hydrogen-bond acceptors (Lipinski definition) is 3. The third kappa shape index (κ3) is 3.02. The zero-order valence-corrected chi connectivity index (χ0v) is 13.7. The first-order valence-corrected chi connectivity index (χ1v) is 8.18. The van der Waals surface area contributed by atoms with E-state index in [4.69, 9.17) is 0 Å². The van der Waals surface area contributed by atoms with Crippen LogP contribution in [0.4, 0.5) is 11.4 Å². The molecule has 0 radical (unpaired) electrons. The number of anilines is 2. The van der Waals surface area contributed by atoms with Crippen molar-refractivity contribution in [1.29, 1.82) is 0 Å². The number of amides is 3. The molecule has 1 aliphatic heterocycles. The van der Waals surface area contributed by atoms with E-state index in [2.05, 4.69) is 20.9 Å². The van der Waals surface area contributed by atoms with Gasteiger partial charge >= 0.3 is 0 Å². The highest BCUT2D eigenvalue weighted by atomic mass is 16.2. The van der Waals surface area contributed by atoms with Gasteiger partial charge < -0.3 is 20.9 Å². The maximum Gasteiger partial charge on any atom is 0.254 e. The topological polar surface area (TPSA) is 103 Å². The number of aromatic nitrogens is 1. The number of carbonyl (C=O) groups excluding carboxylic acids is 3. The molecule has 4 N–H and O–H groups in total. The molecule has 0 fully saturated rings. The van der Waals surface area contributed by atoms with Crippen LogP contribution in [0.15, 0.2) is 54.7 Å². The highest BCUT2D eigenvalue weighted by Crippen LogP contribution is 2.20. The summed E-state index contributed by atoms with van der Waals surface area (Å²) in [5.74, 6) is -1.16. The third-order valence-corrected chi connectivity index (χ3v) is 4.28. The van der Waals surface area contributed by atoms with Crippen molar-refractivity contribution < 1.29 is 14.4 Å². The molecule has 3 amide bonds. The van der Waals surface area contributed by atoms with Crippen LogP contribution in [-0.2, 0) is 9.59 Å². The molecule has 2 aromatic carbocycles. The van der Waals surface area contributed by atoms with E-state index in [1.807, 2.05) is 24.4 Å². The van der Waals surface area contributed by atoms with Gasteiger partial charge in [0.05, 0.1) is 17.7 Å². The molecule has 1 aliphatic rings. The van der Waals surface area contributed by atoms with Gasteiger partial charge in [-0.2, -0.15) is 0 Å². The number of rotatable bonds is 3. The van der Waals surface area contributed by atoms with Crippen LogP contribution in [0, 0.1) is 0 Å². The summed E-state index contributed by atoms with van der Waals surface area (Å²) in [7, 11) is 0. The molecule has 0 unspecified atom stereocenters. The highest BCUT2D eigenvalue weighted by molar-refractivity contribution is 6.11. The minimum absolute atomic E-state index is 0.158. The Bertz CT molecular complexity index is 1020. The van der Waals surface area contributed by atoms with E-state index >= 15 is 0 Å². The van der Waals surface area contributed by atoms with Gasteiger partial charge in [-0.05, 0) is 35.7 Å². The van der Waals surface area contributed by atoms with E-state index < -0.39 is 11.9 Å². The Labute approximate surface area is 148 Å². The lowest BCUT2D eigenvalue weighted by Crippen LogP contribution is -2.43. The quantitative estimate of drug-likeness (QED) is 0.584. The lowest BCUT2D eigenvalue weighted by molar-refractivity contribution is -0.122. The fourth-order valence-corrected chi connectivity index (χ4v) is 2.98. The summed E-state index contributed by atoms with van der Waals surface area (Å²) in [5, 5.41) is 9.09. The van der Waals surface area contributed by atoms with Crippen molar-refractivity contribution in [2.75, 3.05) is 10.6 Å². The molecule has 0 aliphatic carbocycles. The standard InChI is InChI=1S/C19H16N4O3/c24-17(21-12-6-5-11-7-8-20-15(11)9-12)10-16-19(26)22-14-4-2-1-3-13(14)18(25)23-16/h1-9,16,20H,10H2,(H,21,24)(H,22,26)(H,23,25)/t16-/m0/s1. The second-order valence-electron chi connectivity index (χ2n) is 6.09. The monoisotopic (exact) mass is 348 g/mol. The molecule has 3 aromatic rings. The number of hydrogen-bond donors (Lipinski definition) is 4. The number of fused-ring (bicyclic) bond motifs is 2. The van der Waals surface area contributed by atoms with Gasteiger partial charge in [0.2, 0.25) is 11.8 Å². The molecule has 0 saturated carbocycles. The third-order valence-electron chi connectivity index (χ3n) is 4.28. The Kier molecular flexibility index (Phi) is 3.89. The number of nitrogens with one attached hydrogen (secondary N) is 4. The van der Waals surface area contributed by atoms with E-state index in [1.54, 1.807) is 30.3 Å². The van der Waals surface area contributed by atoms with Crippen molar-refractivity contribution in [3.8, 4) is 0 Å². The van der Waals surface area contributed by atoms with Gasteiger partial charge in [0.1, 0.15) is 6.04 Å². The molecule has 7 heteroatoms. The second kappa shape index (κ2) is 6.36. The zero-order chi connectivity index (χ0) is 18.1. The van der Waals surface area contributed by atoms with E-state index in [0.717, 1.165) is 10.9 Å². The fraction of sp³-hybridized carbons (Fsp3) is 0.105. The first-order valence-electron chi connectivity index (χ1n) is 8.18. The van der Waals surface area contributed by atoms with Crippen LogP contribution < -0.4 is 16.0 Å². The van der Waals surface area contributed by atoms with Crippen LogP contribution in [0.1, 0.15) is 16.8 Å². The van der Waals surface area contributed by atoms with Crippen molar-refractivity contribution in [3.63, 3.8) is 0 Å². The van der Waals surface area contributed by atoms with Crippen molar-refractivity contribution in [1.82, 2.24) is 10.3 Å². The molecule has 4 rings (SSSR count). The largest absolute Gasteiger partial charge is 0.361 e. The summed E-state index contributed by atoms with van der Waals surface area (Å²) in [5.41, 5.74) is 2.34. The molecule has 0 saturated heterocycles. The molecule has 1 atom stereocenters. The Balaban J connectivity index is 1.47. The lowest BCUT2D eigenvalue weighted by atomic mass is 10.1. The molecule has 0 bridgehead atoms. The smallest absolute Gasteiger partial charge is 0.254 e. The lowest BCUT2D eigenvalue weighted by Gasteiger charge is -2.14. The molecule has 7 nitrogen and oxygen atoms in total. The van der Waals surface area contributed by atoms with Crippen LogP contribution in [0.25, 0.3) is 10.9 Å². The first kappa shape index (κ1) is 15.9. The SMILES string of the molecule is O=C(C[C@@H]1NC(=O)c2ccccc2NC1=O)Nc1ccc2cc[nH]c2c1. The predicted molar refractivity (Wildman–Crippen MR) is 97.9 cm³/mol. The zero-order valence-electron chi connectivity index (χ0n) is 13.7. The molecule has 0 spiro atoms. The Morgan fingerprint density at radius 1 is 1.08 bits per heavy atom. The van der Waals surface area contributed by atoms with Crippen LogP contribution in [0.5, 0.6) is 0 Å². The fourth-order valence-electron chi connectivity index (χ4n) is 2.98. The normalized spacial score (nSPS) is 16.4. The summed E-state index contributed by atoms with van der Waals surface area (Å²) in [6.45, 7) is 0. The Hall–Kier alpha value is -3.61. The van der Waals surface area contributed by atoms with Gasteiger partial charge in [0, 0.05) is 17.4 Å². The molecule has 130 valence electrons. The Morgan fingerprint density at radius 2 is 1.92 bits per heavy atom. The molecule has 26 heavy (non-hydrogen) atoms. The number of H-pyrrole nitrogens is 1. The first-order chi connectivity index (χ1) is 12.6. The summed E-state index contributed by atoms with van der Waals surface area (Å²) in [6.07, 6.45) is 1.66. The van der Waals surface area contributed by atoms with E-state index in [9.17, 15) is 14.4 Å². The maximum atomic E-state index is 12.3. The predicted octanol–water partition coefficient (Wildman–Crippen LogP) is 2.25. The summed E-state index contributed by atoms with van der Waals surface area (Å²) in [6, 6.07) is 13.2.